The number of nitrogens with zero attached hydrogens (tertiary/aromatic N) is 1. The fraction of sp³-hybridized carbons (Fsp3) is 0. The standard InChI is InChI=1S/C54H35NO/c1-3-11-36(12-4-1)38-19-25-42(26-20-38)55(44-29-30-49-47-17-8-7-15-45(47)46-16-9-10-18-48(46)50(49)35-44)43-27-21-39(22-28-43)41-24-32-54-52(34-41)51-33-40(23-31-53(51)56-54)37-13-5-2-6-14-37/h1-35H. The summed E-state index contributed by atoms with van der Waals surface area (Å²) in [4.78, 5) is 2.37. The van der Waals surface area contributed by atoms with Crippen LogP contribution in [0.1, 0.15) is 0 Å². The maximum atomic E-state index is 6.29. The van der Waals surface area contributed by atoms with E-state index in [4.69, 9.17) is 4.42 Å². The SMILES string of the molecule is c1ccc(-c2ccc(N(c3ccc(-c4ccc5oc6ccc(-c7ccccc7)cc6c5c4)cc3)c3ccc4c5ccccc5c5ccccc5c4c3)cc2)cc1. The van der Waals surface area contributed by atoms with E-state index in [9.17, 15) is 0 Å². The molecule has 0 aliphatic rings. The lowest BCUT2D eigenvalue weighted by Crippen LogP contribution is -2.10. The van der Waals surface area contributed by atoms with Crippen molar-refractivity contribution in [2.75, 3.05) is 4.90 Å². The number of hydrogen-bond donors (Lipinski definition) is 0. The Labute approximate surface area is 325 Å². The van der Waals surface area contributed by atoms with E-state index in [0.29, 0.717) is 0 Å². The molecule has 1 heterocycles. The van der Waals surface area contributed by atoms with Gasteiger partial charge >= 0.3 is 0 Å². The van der Waals surface area contributed by atoms with Gasteiger partial charge in [0.2, 0.25) is 0 Å². The van der Waals surface area contributed by atoms with Gasteiger partial charge < -0.3 is 9.32 Å². The van der Waals surface area contributed by atoms with Crippen molar-refractivity contribution in [3.8, 4) is 33.4 Å². The fourth-order valence-corrected chi connectivity index (χ4v) is 8.49. The largest absolute Gasteiger partial charge is 0.456 e. The topological polar surface area (TPSA) is 16.4 Å². The van der Waals surface area contributed by atoms with Gasteiger partial charge in [-0.25, -0.2) is 0 Å². The van der Waals surface area contributed by atoms with Crippen molar-refractivity contribution in [3.05, 3.63) is 212 Å². The van der Waals surface area contributed by atoms with Gasteiger partial charge in [0.25, 0.3) is 0 Å². The van der Waals surface area contributed by atoms with Gasteiger partial charge in [-0.1, -0.05) is 152 Å². The van der Waals surface area contributed by atoms with Gasteiger partial charge in [0.1, 0.15) is 11.2 Å². The van der Waals surface area contributed by atoms with Crippen LogP contribution < -0.4 is 4.90 Å². The van der Waals surface area contributed by atoms with E-state index < -0.39 is 0 Å². The van der Waals surface area contributed by atoms with E-state index in [1.165, 1.54) is 54.6 Å². The first-order chi connectivity index (χ1) is 27.7. The van der Waals surface area contributed by atoms with E-state index >= 15 is 0 Å². The van der Waals surface area contributed by atoms with Crippen molar-refractivity contribution in [2.45, 2.75) is 0 Å². The Morgan fingerprint density at radius 2 is 0.589 bits per heavy atom. The quantitative estimate of drug-likeness (QED) is 0.160. The summed E-state index contributed by atoms with van der Waals surface area (Å²) in [7, 11) is 0. The van der Waals surface area contributed by atoms with Gasteiger partial charge in [0.15, 0.2) is 0 Å². The molecule has 0 aliphatic carbocycles. The van der Waals surface area contributed by atoms with Crippen molar-refractivity contribution in [3.63, 3.8) is 0 Å². The van der Waals surface area contributed by atoms with Crippen LogP contribution in [0.2, 0.25) is 0 Å². The van der Waals surface area contributed by atoms with Crippen molar-refractivity contribution in [2.24, 2.45) is 0 Å². The van der Waals surface area contributed by atoms with Crippen LogP contribution in [0.3, 0.4) is 0 Å². The van der Waals surface area contributed by atoms with Crippen molar-refractivity contribution in [1.82, 2.24) is 0 Å². The number of fused-ring (bicyclic) bond motifs is 9. The number of hydrogen-bond acceptors (Lipinski definition) is 2. The average molecular weight is 714 g/mol. The molecule has 2 nitrogen and oxygen atoms in total. The smallest absolute Gasteiger partial charge is 0.135 e. The molecule has 1 aromatic heterocycles. The van der Waals surface area contributed by atoms with E-state index in [2.05, 4.69) is 217 Å². The molecule has 0 unspecified atom stereocenters. The molecule has 11 rings (SSSR count). The summed E-state index contributed by atoms with van der Waals surface area (Å²) >= 11 is 0. The highest BCUT2D eigenvalue weighted by molar-refractivity contribution is 6.25. The molecule has 262 valence electrons. The highest BCUT2D eigenvalue weighted by atomic mass is 16.3. The zero-order valence-electron chi connectivity index (χ0n) is 30.6. The lowest BCUT2D eigenvalue weighted by Gasteiger charge is -2.26. The molecule has 0 aliphatic heterocycles. The van der Waals surface area contributed by atoms with Crippen LogP contribution in [0.5, 0.6) is 0 Å². The molecule has 0 radical (unpaired) electrons. The van der Waals surface area contributed by atoms with Crippen LogP contribution >= 0.6 is 0 Å². The number of benzene rings is 10. The Morgan fingerprint density at radius 1 is 0.232 bits per heavy atom. The normalized spacial score (nSPS) is 11.6. The monoisotopic (exact) mass is 713 g/mol. The first-order valence-electron chi connectivity index (χ1n) is 19.2. The minimum absolute atomic E-state index is 0.896. The molecular weight excluding hydrogens is 679 g/mol. The summed E-state index contributed by atoms with van der Waals surface area (Å²) in [6, 6.07) is 76.5. The van der Waals surface area contributed by atoms with Gasteiger partial charge in [-0.2, -0.15) is 0 Å². The second-order valence-corrected chi connectivity index (χ2v) is 14.5. The van der Waals surface area contributed by atoms with Crippen molar-refractivity contribution < 1.29 is 4.42 Å². The van der Waals surface area contributed by atoms with E-state index in [1.807, 2.05) is 0 Å². The van der Waals surface area contributed by atoms with Crippen molar-refractivity contribution in [1.29, 1.82) is 0 Å². The maximum absolute atomic E-state index is 6.29. The number of anilines is 3. The minimum Gasteiger partial charge on any atom is -0.456 e. The van der Waals surface area contributed by atoms with Gasteiger partial charge in [0.05, 0.1) is 0 Å². The van der Waals surface area contributed by atoms with Crippen LogP contribution in [0, 0.1) is 0 Å². The third kappa shape index (κ3) is 5.42. The van der Waals surface area contributed by atoms with Crippen LogP contribution in [-0.4, -0.2) is 0 Å². The van der Waals surface area contributed by atoms with Crippen LogP contribution in [0.15, 0.2) is 217 Å². The molecule has 0 saturated carbocycles. The summed E-state index contributed by atoms with van der Waals surface area (Å²) in [5.41, 5.74) is 12.2. The molecule has 0 amide bonds. The molecule has 0 N–H and O–H groups in total. The molecule has 0 saturated heterocycles. The Kier molecular flexibility index (Phi) is 7.53. The maximum Gasteiger partial charge on any atom is 0.135 e. The molecular formula is C54H35NO. The molecule has 2 heteroatoms. The average Bonchev–Trinajstić information content (AvgIpc) is 3.65. The Hall–Kier alpha value is -7.42. The Balaban J connectivity index is 1.03. The highest BCUT2D eigenvalue weighted by Crippen LogP contribution is 2.42. The predicted molar refractivity (Wildman–Crippen MR) is 237 cm³/mol. The molecule has 11 aromatic rings. The van der Waals surface area contributed by atoms with Gasteiger partial charge in [-0.3, -0.25) is 0 Å². The summed E-state index contributed by atoms with van der Waals surface area (Å²) < 4.78 is 6.29. The summed E-state index contributed by atoms with van der Waals surface area (Å²) in [5.74, 6) is 0. The first kappa shape index (κ1) is 32.0. The number of furan rings is 1. The van der Waals surface area contributed by atoms with Gasteiger partial charge in [-0.15, -0.1) is 0 Å². The van der Waals surface area contributed by atoms with E-state index in [0.717, 1.165) is 50.1 Å². The number of rotatable bonds is 6. The third-order valence-corrected chi connectivity index (χ3v) is 11.3. The summed E-state index contributed by atoms with van der Waals surface area (Å²) in [6.07, 6.45) is 0. The molecule has 0 fully saturated rings. The van der Waals surface area contributed by atoms with Crippen LogP contribution in [0.4, 0.5) is 17.1 Å². The Morgan fingerprint density at radius 3 is 1.09 bits per heavy atom. The van der Waals surface area contributed by atoms with E-state index in [-0.39, 0.29) is 0 Å². The van der Waals surface area contributed by atoms with Crippen LogP contribution in [0.25, 0.3) is 87.6 Å². The molecule has 0 spiro atoms. The lowest BCUT2D eigenvalue weighted by molar-refractivity contribution is 0.669. The second-order valence-electron chi connectivity index (χ2n) is 14.5. The molecule has 0 atom stereocenters. The van der Waals surface area contributed by atoms with Crippen molar-refractivity contribution >= 4 is 71.3 Å². The van der Waals surface area contributed by atoms with Gasteiger partial charge in [0, 0.05) is 27.8 Å². The fourth-order valence-electron chi connectivity index (χ4n) is 8.49. The second kappa shape index (κ2) is 13.2. The minimum atomic E-state index is 0.896. The predicted octanol–water partition coefficient (Wildman–Crippen LogP) is 15.5. The zero-order valence-corrected chi connectivity index (χ0v) is 30.6. The third-order valence-electron chi connectivity index (χ3n) is 11.3. The highest BCUT2D eigenvalue weighted by Gasteiger charge is 2.17. The lowest BCUT2D eigenvalue weighted by atomic mass is 9.94. The zero-order chi connectivity index (χ0) is 37.0. The van der Waals surface area contributed by atoms with E-state index in [1.54, 1.807) is 0 Å². The molecule has 0 bridgehead atoms. The molecule has 10 aromatic carbocycles. The Bertz CT molecular complexity index is 3180. The molecule has 56 heavy (non-hydrogen) atoms. The first-order valence-corrected chi connectivity index (χ1v) is 19.2. The summed E-state index contributed by atoms with van der Waals surface area (Å²) in [5, 5.41) is 9.84. The van der Waals surface area contributed by atoms with Gasteiger partial charge in [-0.05, 0) is 126 Å². The van der Waals surface area contributed by atoms with Crippen LogP contribution in [-0.2, 0) is 0 Å². The summed E-state index contributed by atoms with van der Waals surface area (Å²) in [6.45, 7) is 0.